The minimum absolute atomic E-state index is 0.0422. The first kappa shape index (κ1) is 24.9. The fourth-order valence-corrected chi connectivity index (χ4v) is 4.31. The van der Waals surface area contributed by atoms with Gasteiger partial charge in [0.2, 0.25) is 0 Å². The molecular weight excluding hydrogens is 501 g/mol. The molecule has 35 heavy (non-hydrogen) atoms. The van der Waals surface area contributed by atoms with Crippen molar-refractivity contribution < 1.29 is 23.1 Å². The summed E-state index contributed by atoms with van der Waals surface area (Å²) < 4.78 is 29.1. The number of hydrogen-bond acceptors (Lipinski definition) is 5. The van der Waals surface area contributed by atoms with Crippen molar-refractivity contribution >= 4 is 40.7 Å². The SMILES string of the molecule is N=C1CCN(C(=O)c2ccc(Cl)c(Cl)c2)C/C1=C1/NCCN(Cc2ccc(OC(F)F)cc2)C1=O. The van der Waals surface area contributed by atoms with Crippen LogP contribution in [-0.4, -0.2) is 60.1 Å². The lowest BCUT2D eigenvalue weighted by Crippen LogP contribution is -2.49. The minimum Gasteiger partial charge on any atom is -0.435 e. The van der Waals surface area contributed by atoms with Gasteiger partial charge in [-0.2, -0.15) is 8.78 Å². The number of benzene rings is 2. The van der Waals surface area contributed by atoms with Crippen molar-refractivity contribution in [3.8, 4) is 5.75 Å². The van der Waals surface area contributed by atoms with E-state index in [0.29, 0.717) is 53.6 Å². The lowest BCUT2D eigenvalue weighted by molar-refractivity contribution is -0.129. The molecule has 2 aromatic rings. The standard InChI is InChI=1S/C24H22Cl2F2N4O3/c25-18-6-3-15(11-19(18)26)22(33)31-9-7-20(29)17(13-31)21-23(34)32(10-8-30-21)12-14-1-4-16(5-2-14)35-24(27)28/h1-6,11,24,29-30H,7-10,12-13H2/b21-17-,29-20?. The van der Waals surface area contributed by atoms with E-state index in [1.165, 1.54) is 18.2 Å². The van der Waals surface area contributed by atoms with Gasteiger partial charge in [0.05, 0.1) is 10.0 Å². The summed E-state index contributed by atoms with van der Waals surface area (Å²) in [4.78, 5) is 29.5. The molecule has 2 aromatic carbocycles. The average Bonchev–Trinajstić information content (AvgIpc) is 2.83. The summed E-state index contributed by atoms with van der Waals surface area (Å²) in [6.07, 6.45) is 0.312. The van der Waals surface area contributed by atoms with Crippen LogP contribution in [-0.2, 0) is 11.3 Å². The van der Waals surface area contributed by atoms with Gasteiger partial charge in [-0.3, -0.25) is 9.59 Å². The number of hydrogen-bond donors (Lipinski definition) is 2. The topological polar surface area (TPSA) is 85.7 Å². The first-order valence-corrected chi connectivity index (χ1v) is 11.6. The molecule has 0 aromatic heterocycles. The van der Waals surface area contributed by atoms with Crippen molar-refractivity contribution in [3.63, 3.8) is 0 Å². The van der Waals surface area contributed by atoms with Gasteiger partial charge in [0.15, 0.2) is 0 Å². The molecule has 0 aliphatic carbocycles. The lowest BCUT2D eigenvalue weighted by Gasteiger charge is -2.35. The molecule has 7 nitrogen and oxygen atoms in total. The van der Waals surface area contributed by atoms with E-state index in [4.69, 9.17) is 28.6 Å². The third-order valence-corrected chi connectivity index (χ3v) is 6.55. The molecule has 2 aliphatic rings. The summed E-state index contributed by atoms with van der Waals surface area (Å²) in [6, 6.07) is 10.8. The second kappa shape index (κ2) is 10.6. The zero-order chi connectivity index (χ0) is 25.1. The molecule has 4 rings (SSSR count). The van der Waals surface area contributed by atoms with E-state index in [9.17, 15) is 18.4 Å². The van der Waals surface area contributed by atoms with E-state index in [1.54, 1.807) is 34.1 Å². The number of likely N-dealkylation sites (tertiary alicyclic amines) is 1. The average molecular weight is 523 g/mol. The Hall–Kier alpha value is -3.17. The monoisotopic (exact) mass is 522 g/mol. The second-order valence-corrected chi connectivity index (χ2v) is 8.93. The van der Waals surface area contributed by atoms with E-state index in [-0.39, 0.29) is 35.7 Å². The highest BCUT2D eigenvalue weighted by Gasteiger charge is 2.32. The summed E-state index contributed by atoms with van der Waals surface area (Å²) in [5, 5.41) is 12.1. The number of piperidine rings is 1. The minimum atomic E-state index is -2.90. The van der Waals surface area contributed by atoms with Crippen molar-refractivity contribution in [1.29, 1.82) is 5.41 Å². The molecule has 2 aliphatic heterocycles. The number of carbonyl (C=O) groups is 2. The number of piperazine rings is 1. The summed E-state index contributed by atoms with van der Waals surface area (Å²) in [7, 11) is 0. The highest BCUT2D eigenvalue weighted by Crippen LogP contribution is 2.26. The van der Waals surface area contributed by atoms with Crippen LogP contribution in [0.15, 0.2) is 53.7 Å². The first-order valence-electron chi connectivity index (χ1n) is 10.8. The smallest absolute Gasteiger partial charge is 0.387 e. The summed E-state index contributed by atoms with van der Waals surface area (Å²) in [5.41, 5.74) is 2.20. The lowest BCUT2D eigenvalue weighted by atomic mass is 9.97. The quantitative estimate of drug-likeness (QED) is 0.571. The first-order chi connectivity index (χ1) is 16.7. The maximum absolute atomic E-state index is 13.3. The van der Waals surface area contributed by atoms with Crippen LogP contribution in [0.4, 0.5) is 8.78 Å². The van der Waals surface area contributed by atoms with Gasteiger partial charge in [0.1, 0.15) is 11.4 Å². The predicted molar refractivity (Wildman–Crippen MR) is 128 cm³/mol. The number of nitrogens with one attached hydrogen (secondary N) is 2. The molecule has 0 bridgehead atoms. The Bertz CT molecular complexity index is 1190. The van der Waals surface area contributed by atoms with Gasteiger partial charge in [0.25, 0.3) is 11.8 Å². The predicted octanol–water partition coefficient (Wildman–Crippen LogP) is 4.35. The highest BCUT2D eigenvalue weighted by molar-refractivity contribution is 6.42. The number of rotatable bonds is 5. The van der Waals surface area contributed by atoms with Crippen LogP contribution >= 0.6 is 23.2 Å². The van der Waals surface area contributed by atoms with Crippen LogP contribution < -0.4 is 10.1 Å². The Kier molecular flexibility index (Phi) is 7.57. The molecule has 0 radical (unpaired) electrons. The van der Waals surface area contributed by atoms with E-state index in [0.717, 1.165) is 5.56 Å². The van der Waals surface area contributed by atoms with E-state index in [1.807, 2.05) is 0 Å². The van der Waals surface area contributed by atoms with Gasteiger partial charge >= 0.3 is 6.61 Å². The fourth-order valence-electron chi connectivity index (χ4n) is 4.01. The molecule has 0 spiro atoms. The highest BCUT2D eigenvalue weighted by atomic mass is 35.5. The van der Waals surface area contributed by atoms with Crippen molar-refractivity contribution in [2.75, 3.05) is 26.2 Å². The summed E-state index contributed by atoms with van der Waals surface area (Å²) >= 11 is 12.0. The number of alkyl halides is 2. The number of amides is 2. The normalized spacial score (nSPS) is 18.7. The molecule has 2 saturated heterocycles. The Balaban J connectivity index is 1.50. The second-order valence-electron chi connectivity index (χ2n) is 8.11. The fraction of sp³-hybridized carbons (Fsp3) is 0.292. The Morgan fingerprint density at radius 2 is 1.86 bits per heavy atom. The number of halogens is 4. The molecule has 0 atom stereocenters. The molecule has 2 heterocycles. The maximum Gasteiger partial charge on any atom is 0.387 e. The van der Waals surface area contributed by atoms with Crippen LogP contribution in [0.25, 0.3) is 0 Å². The third kappa shape index (κ3) is 5.74. The van der Waals surface area contributed by atoms with Crippen LogP contribution in [0.1, 0.15) is 22.3 Å². The van der Waals surface area contributed by atoms with Crippen molar-refractivity contribution in [1.82, 2.24) is 15.1 Å². The summed E-state index contributed by atoms with van der Waals surface area (Å²) in [5.74, 6) is -0.506. The Morgan fingerprint density at radius 1 is 1.11 bits per heavy atom. The van der Waals surface area contributed by atoms with Crippen LogP contribution in [0.5, 0.6) is 5.75 Å². The molecule has 2 N–H and O–H groups in total. The van der Waals surface area contributed by atoms with E-state index in [2.05, 4.69) is 10.1 Å². The van der Waals surface area contributed by atoms with E-state index < -0.39 is 6.61 Å². The Morgan fingerprint density at radius 3 is 2.54 bits per heavy atom. The molecule has 0 unspecified atom stereocenters. The molecule has 11 heteroatoms. The molecule has 2 fully saturated rings. The van der Waals surface area contributed by atoms with Gasteiger partial charge in [-0.15, -0.1) is 0 Å². The molecular formula is C24H22Cl2F2N4O3. The van der Waals surface area contributed by atoms with Crippen molar-refractivity contribution in [3.05, 3.63) is 74.9 Å². The van der Waals surface area contributed by atoms with Crippen LogP contribution in [0.3, 0.4) is 0 Å². The van der Waals surface area contributed by atoms with Gasteiger partial charge in [-0.1, -0.05) is 35.3 Å². The number of nitrogens with zero attached hydrogens (tertiary/aromatic N) is 2. The zero-order valence-corrected chi connectivity index (χ0v) is 20.0. The molecule has 2 amide bonds. The largest absolute Gasteiger partial charge is 0.435 e. The summed E-state index contributed by atoms with van der Waals surface area (Å²) in [6.45, 7) is -1.27. The number of carbonyl (C=O) groups excluding carboxylic acids is 2. The van der Waals surface area contributed by atoms with Gasteiger partial charge in [-0.05, 0) is 35.9 Å². The van der Waals surface area contributed by atoms with Crippen LogP contribution in [0.2, 0.25) is 10.0 Å². The van der Waals surface area contributed by atoms with Gasteiger partial charge in [0, 0.05) is 56.0 Å². The van der Waals surface area contributed by atoms with Crippen LogP contribution in [0, 0.1) is 5.41 Å². The maximum atomic E-state index is 13.3. The van der Waals surface area contributed by atoms with E-state index >= 15 is 0 Å². The number of ether oxygens (including phenoxy) is 1. The molecule has 184 valence electrons. The van der Waals surface area contributed by atoms with Gasteiger partial charge in [-0.25, -0.2) is 0 Å². The van der Waals surface area contributed by atoms with Crippen molar-refractivity contribution in [2.24, 2.45) is 0 Å². The Labute approximate surface area is 210 Å². The molecule has 0 saturated carbocycles. The van der Waals surface area contributed by atoms with Crippen molar-refractivity contribution in [2.45, 2.75) is 19.6 Å². The zero-order valence-electron chi connectivity index (χ0n) is 18.5. The third-order valence-electron chi connectivity index (χ3n) is 5.81. The van der Waals surface area contributed by atoms with Gasteiger partial charge < -0.3 is 25.3 Å².